The van der Waals surface area contributed by atoms with Crippen molar-refractivity contribution in [3.05, 3.63) is 30.7 Å². The number of hydrogen-bond donors (Lipinski definition) is 0. The maximum Gasteiger partial charge on any atom is 0.133 e. The van der Waals surface area contributed by atoms with Crippen molar-refractivity contribution in [3.8, 4) is 0 Å². The highest BCUT2D eigenvalue weighted by atomic mass is 15.2. The number of piperidine rings is 1. The van der Waals surface area contributed by atoms with Crippen LogP contribution in [0.2, 0.25) is 0 Å². The maximum atomic E-state index is 4.66. The van der Waals surface area contributed by atoms with Crippen molar-refractivity contribution in [1.29, 1.82) is 0 Å². The van der Waals surface area contributed by atoms with Crippen molar-refractivity contribution in [3.63, 3.8) is 0 Å². The molecule has 3 heteroatoms. The summed E-state index contributed by atoms with van der Waals surface area (Å²) in [6.07, 6.45) is 7.62. The van der Waals surface area contributed by atoms with Crippen LogP contribution in [0.4, 0.5) is 5.82 Å². The fourth-order valence-electron chi connectivity index (χ4n) is 2.29. The summed E-state index contributed by atoms with van der Waals surface area (Å²) in [7, 11) is 0. The van der Waals surface area contributed by atoms with E-state index in [9.17, 15) is 0 Å². The van der Waals surface area contributed by atoms with E-state index in [2.05, 4.69) is 35.3 Å². The summed E-state index contributed by atoms with van der Waals surface area (Å²) in [6.45, 7) is 9.26. The first-order valence-electron chi connectivity index (χ1n) is 6.44. The van der Waals surface area contributed by atoms with Crippen molar-refractivity contribution in [2.24, 2.45) is 0 Å². The first-order chi connectivity index (χ1) is 8.22. The van der Waals surface area contributed by atoms with E-state index in [0.717, 1.165) is 18.2 Å². The quantitative estimate of drug-likeness (QED) is 0.748. The van der Waals surface area contributed by atoms with E-state index in [0.29, 0.717) is 12.0 Å². The molecular formula is C14H21N3. The Kier molecular flexibility index (Phi) is 3.77. The highest BCUT2D eigenvalue weighted by molar-refractivity contribution is 5.41. The summed E-state index contributed by atoms with van der Waals surface area (Å²) in [5.41, 5.74) is 0. The van der Waals surface area contributed by atoms with Gasteiger partial charge in [0, 0.05) is 24.7 Å². The summed E-state index contributed by atoms with van der Waals surface area (Å²) < 4.78 is 0. The van der Waals surface area contributed by atoms with E-state index in [4.69, 9.17) is 0 Å². The lowest BCUT2D eigenvalue weighted by Crippen LogP contribution is -2.38. The van der Waals surface area contributed by atoms with Crippen LogP contribution in [0.15, 0.2) is 24.9 Å². The van der Waals surface area contributed by atoms with E-state index in [1.54, 1.807) is 0 Å². The van der Waals surface area contributed by atoms with Gasteiger partial charge in [-0.15, -0.1) is 6.58 Å². The number of nitrogens with zero attached hydrogens (tertiary/aromatic N) is 3. The summed E-state index contributed by atoms with van der Waals surface area (Å²) >= 11 is 0. The second-order valence-electron chi connectivity index (χ2n) is 4.92. The monoisotopic (exact) mass is 231 g/mol. The first kappa shape index (κ1) is 12.1. The first-order valence-corrected chi connectivity index (χ1v) is 6.44. The van der Waals surface area contributed by atoms with E-state index in [-0.39, 0.29) is 0 Å². The Morgan fingerprint density at radius 1 is 1.47 bits per heavy atom. The third-order valence-electron chi connectivity index (χ3n) is 3.29. The fourth-order valence-corrected chi connectivity index (χ4v) is 2.29. The molecule has 0 aliphatic carbocycles. The van der Waals surface area contributed by atoms with Crippen LogP contribution in [0.3, 0.4) is 0 Å². The number of anilines is 1. The molecule has 2 heterocycles. The van der Waals surface area contributed by atoms with Crippen LogP contribution < -0.4 is 4.90 Å². The van der Waals surface area contributed by atoms with Crippen molar-refractivity contribution in [1.82, 2.24) is 9.97 Å². The molecule has 1 aliphatic rings. The van der Waals surface area contributed by atoms with Crippen molar-refractivity contribution >= 4 is 5.82 Å². The van der Waals surface area contributed by atoms with Crippen molar-refractivity contribution in [2.45, 2.75) is 45.1 Å². The Hall–Kier alpha value is -1.38. The average Bonchev–Trinajstić information content (AvgIpc) is 2.39. The van der Waals surface area contributed by atoms with E-state index >= 15 is 0 Å². The van der Waals surface area contributed by atoms with Crippen LogP contribution in [0.25, 0.3) is 0 Å². The van der Waals surface area contributed by atoms with Crippen molar-refractivity contribution < 1.29 is 0 Å². The molecule has 1 atom stereocenters. The zero-order valence-electron chi connectivity index (χ0n) is 10.8. The molecule has 0 amide bonds. The van der Waals surface area contributed by atoms with Crippen LogP contribution in [0, 0.1) is 0 Å². The molecular weight excluding hydrogens is 210 g/mol. The highest BCUT2D eigenvalue weighted by Gasteiger charge is 2.21. The Morgan fingerprint density at radius 3 is 3.00 bits per heavy atom. The fraction of sp³-hybridized carbons (Fsp3) is 0.571. The molecule has 3 nitrogen and oxygen atoms in total. The van der Waals surface area contributed by atoms with Gasteiger partial charge in [0.15, 0.2) is 0 Å². The zero-order chi connectivity index (χ0) is 12.3. The average molecular weight is 231 g/mol. The van der Waals surface area contributed by atoms with Gasteiger partial charge < -0.3 is 4.90 Å². The molecule has 0 saturated carbocycles. The topological polar surface area (TPSA) is 29.0 Å². The third-order valence-corrected chi connectivity index (χ3v) is 3.29. The molecule has 1 aromatic rings. The lowest BCUT2D eigenvalue weighted by Gasteiger charge is -2.35. The molecule has 0 spiro atoms. The van der Waals surface area contributed by atoms with Gasteiger partial charge in [-0.25, -0.2) is 9.97 Å². The van der Waals surface area contributed by atoms with Gasteiger partial charge in [-0.05, 0) is 25.3 Å². The summed E-state index contributed by atoms with van der Waals surface area (Å²) in [4.78, 5) is 11.3. The molecule has 0 bridgehead atoms. The second-order valence-corrected chi connectivity index (χ2v) is 4.92. The molecule has 0 aromatic carbocycles. The third kappa shape index (κ3) is 2.65. The summed E-state index contributed by atoms with van der Waals surface area (Å²) in [6, 6.07) is 2.44. The molecule has 92 valence electrons. The second kappa shape index (κ2) is 5.30. The predicted molar refractivity (Wildman–Crippen MR) is 71.3 cm³/mol. The lowest BCUT2D eigenvalue weighted by molar-refractivity contribution is 0.509. The lowest BCUT2D eigenvalue weighted by atomic mass is 10.0. The van der Waals surface area contributed by atoms with E-state index in [1.807, 2.05) is 18.3 Å². The van der Waals surface area contributed by atoms with Gasteiger partial charge >= 0.3 is 0 Å². The predicted octanol–water partition coefficient (Wildman–Crippen LogP) is 3.14. The number of aromatic nitrogens is 2. The molecule has 0 N–H and O–H groups in total. The summed E-state index contributed by atoms with van der Waals surface area (Å²) in [5.74, 6) is 2.35. The minimum atomic E-state index is 0.377. The standard InChI is InChI=1S/C14H21N3/c1-4-12-7-5-6-10-17(12)13-8-9-15-14(16-13)11(2)3/h4,8-9,11-12H,1,5-7,10H2,2-3H3. The molecule has 1 unspecified atom stereocenters. The SMILES string of the molecule is C=CC1CCCCN1c1ccnc(C(C)C)n1. The molecule has 1 saturated heterocycles. The molecule has 1 aliphatic heterocycles. The smallest absolute Gasteiger partial charge is 0.133 e. The van der Waals surface area contributed by atoms with Crippen molar-refractivity contribution in [2.75, 3.05) is 11.4 Å². The molecule has 1 aromatic heterocycles. The van der Waals surface area contributed by atoms with Crippen LogP contribution in [-0.4, -0.2) is 22.6 Å². The van der Waals surface area contributed by atoms with Gasteiger partial charge in [0.2, 0.25) is 0 Å². The van der Waals surface area contributed by atoms with Crippen LogP contribution in [0.1, 0.15) is 44.9 Å². The van der Waals surface area contributed by atoms with Crippen LogP contribution in [0.5, 0.6) is 0 Å². The van der Waals surface area contributed by atoms with Gasteiger partial charge in [-0.3, -0.25) is 0 Å². The zero-order valence-corrected chi connectivity index (χ0v) is 10.8. The summed E-state index contributed by atoms with van der Waals surface area (Å²) in [5, 5.41) is 0. The van der Waals surface area contributed by atoms with Crippen LogP contribution in [-0.2, 0) is 0 Å². The van der Waals surface area contributed by atoms with Gasteiger partial charge in [0.25, 0.3) is 0 Å². The molecule has 2 rings (SSSR count). The maximum absolute atomic E-state index is 4.66. The van der Waals surface area contributed by atoms with Gasteiger partial charge in [0.05, 0.1) is 0 Å². The molecule has 0 radical (unpaired) electrons. The minimum Gasteiger partial charge on any atom is -0.350 e. The van der Waals surface area contributed by atoms with Gasteiger partial charge in [-0.1, -0.05) is 19.9 Å². The Labute approximate surface area is 104 Å². The minimum absolute atomic E-state index is 0.377. The molecule has 17 heavy (non-hydrogen) atoms. The highest BCUT2D eigenvalue weighted by Crippen LogP contribution is 2.24. The Balaban J connectivity index is 2.25. The Morgan fingerprint density at radius 2 is 2.29 bits per heavy atom. The normalized spacial score (nSPS) is 20.6. The molecule has 1 fully saturated rings. The number of rotatable bonds is 3. The van der Waals surface area contributed by atoms with Gasteiger partial charge in [-0.2, -0.15) is 0 Å². The van der Waals surface area contributed by atoms with Crippen LogP contribution >= 0.6 is 0 Å². The van der Waals surface area contributed by atoms with Gasteiger partial charge in [0.1, 0.15) is 11.6 Å². The Bertz CT molecular complexity index is 387. The van der Waals surface area contributed by atoms with E-state index in [1.165, 1.54) is 19.3 Å². The number of hydrogen-bond acceptors (Lipinski definition) is 3. The largest absolute Gasteiger partial charge is 0.350 e. The van der Waals surface area contributed by atoms with E-state index < -0.39 is 0 Å².